The van der Waals surface area contributed by atoms with E-state index < -0.39 is 0 Å². The van der Waals surface area contributed by atoms with Gasteiger partial charge < -0.3 is 5.32 Å². The van der Waals surface area contributed by atoms with Gasteiger partial charge in [-0.1, -0.05) is 26.7 Å². The van der Waals surface area contributed by atoms with Crippen LogP contribution in [0.25, 0.3) is 0 Å². The van der Waals surface area contributed by atoms with Gasteiger partial charge in [0.2, 0.25) is 0 Å². The molecule has 1 aromatic rings. The summed E-state index contributed by atoms with van der Waals surface area (Å²) >= 11 is 0. The summed E-state index contributed by atoms with van der Waals surface area (Å²) in [6.07, 6.45) is 7.60. The van der Waals surface area contributed by atoms with E-state index in [4.69, 9.17) is 0 Å². The van der Waals surface area contributed by atoms with Crippen molar-refractivity contribution in [1.29, 1.82) is 0 Å². The summed E-state index contributed by atoms with van der Waals surface area (Å²) in [6, 6.07) is 3.45. The smallest absolute Gasteiger partial charge is 0.252 e. The van der Waals surface area contributed by atoms with Crippen molar-refractivity contribution in [2.75, 3.05) is 6.54 Å². The topological polar surface area (TPSA) is 59.1 Å². The predicted molar refractivity (Wildman–Crippen MR) is 79.5 cm³/mol. The molecule has 4 heteroatoms. The van der Waals surface area contributed by atoms with Crippen molar-refractivity contribution in [3.05, 3.63) is 30.1 Å². The van der Waals surface area contributed by atoms with Crippen LogP contribution in [0.5, 0.6) is 0 Å². The van der Waals surface area contributed by atoms with E-state index in [0.29, 0.717) is 30.7 Å². The van der Waals surface area contributed by atoms with Crippen molar-refractivity contribution >= 4 is 11.7 Å². The van der Waals surface area contributed by atoms with Gasteiger partial charge in [0.25, 0.3) is 5.91 Å². The molecule has 0 aliphatic rings. The average Bonchev–Trinajstić information content (AvgIpc) is 2.49. The molecule has 1 atom stereocenters. The molecule has 20 heavy (non-hydrogen) atoms. The van der Waals surface area contributed by atoms with Crippen molar-refractivity contribution < 1.29 is 9.59 Å². The fourth-order valence-corrected chi connectivity index (χ4v) is 1.98. The molecule has 0 aliphatic heterocycles. The monoisotopic (exact) mass is 276 g/mol. The third kappa shape index (κ3) is 5.95. The summed E-state index contributed by atoms with van der Waals surface area (Å²) in [5.41, 5.74) is 0.551. The van der Waals surface area contributed by atoms with Crippen molar-refractivity contribution in [1.82, 2.24) is 10.3 Å². The molecule has 1 heterocycles. The largest absolute Gasteiger partial charge is 0.352 e. The Balaban J connectivity index is 2.18. The third-order valence-electron chi connectivity index (χ3n) is 3.35. The minimum atomic E-state index is -0.135. The lowest BCUT2D eigenvalue weighted by Gasteiger charge is -2.10. The van der Waals surface area contributed by atoms with Gasteiger partial charge in [0, 0.05) is 31.3 Å². The normalized spacial score (nSPS) is 11.9. The highest BCUT2D eigenvalue weighted by Gasteiger charge is 2.12. The highest BCUT2D eigenvalue weighted by molar-refractivity contribution is 5.93. The first-order valence-electron chi connectivity index (χ1n) is 7.36. The summed E-state index contributed by atoms with van der Waals surface area (Å²) < 4.78 is 0. The highest BCUT2D eigenvalue weighted by atomic mass is 16.1. The Labute approximate surface area is 121 Å². The average molecular weight is 276 g/mol. The van der Waals surface area contributed by atoms with E-state index in [2.05, 4.69) is 17.2 Å². The van der Waals surface area contributed by atoms with Crippen molar-refractivity contribution in [3.8, 4) is 0 Å². The van der Waals surface area contributed by atoms with Crippen LogP contribution in [0.4, 0.5) is 0 Å². The minimum Gasteiger partial charge on any atom is -0.352 e. The zero-order valence-electron chi connectivity index (χ0n) is 12.4. The standard InChI is InChI=1S/C16H24N2O2/c1-3-4-7-13(2)15(19)9-6-11-18-16(20)14-8-5-10-17-12-14/h5,8,10,12-13H,3-4,6-7,9,11H2,1-2H3,(H,18,20). The summed E-state index contributed by atoms with van der Waals surface area (Å²) in [5.74, 6) is 0.308. The molecule has 1 aromatic heterocycles. The summed E-state index contributed by atoms with van der Waals surface area (Å²) in [6.45, 7) is 4.65. The first-order valence-corrected chi connectivity index (χ1v) is 7.36. The molecular formula is C16H24N2O2. The molecule has 1 amide bonds. The summed E-state index contributed by atoms with van der Waals surface area (Å²) in [5, 5.41) is 2.81. The Kier molecular flexibility index (Phi) is 7.55. The number of ketones is 1. The van der Waals surface area contributed by atoms with Crippen LogP contribution in [0.15, 0.2) is 24.5 Å². The van der Waals surface area contributed by atoms with Crippen LogP contribution >= 0.6 is 0 Å². The summed E-state index contributed by atoms with van der Waals surface area (Å²) in [4.78, 5) is 27.5. The number of rotatable bonds is 9. The molecule has 0 aromatic carbocycles. The molecule has 1 N–H and O–H groups in total. The second-order valence-corrected chi connectivity index (χ2v) is 5.11. The molecule has 0 spiro atoms. The lowest BCUT2D eigenvalue weighted by Crippen LogP contribution is -2.25. The van der Waals surface area contributed by atoms with Crippen LogP contribution in [-0.2, 0) is 4.79 Å². The lowest BCUT2D eigenvalue weighted by molar-refractivity contribution is -0.122. The molecule has 0 radical (unpaired) electrons. The maximum atomic E-state index is 11.8. The van der Waals surface area contributed by atoms with Gasteiger partial charge in [-0.3, -0.25) is 14.6 Å². The van der Waals surface area contributed by atoms with E-state index in [1.165, 1.54) is 6.20 Å². The Hall–Kier alpha value is -1.71. The highest BCUT2D eigenvalue weighted by Crippen LogP contribution is 2.11. The second-order valence-electron chi connectivity index (χ2n) is 5.11. The maximum absolute atomic E-state index is 11.8. The van der Waals surface area contributed by atoms with Crippen LogP contribution in [0.2, 0.25) is 0 Å². The molecule has 4 nitrogen and oxygen atoms in total. The first-order chi connectivity index (χ1) is 9.65. The molecule has 0 bridgehead atoms. The number of nitrogens with zero attached hydrogens (tertiary/aromatic N) is 1. The van der Waals surface area contributed by atoms with Gasteiger partial charge in [-0.25, -0.2) is 0 Å². The number of carbonyl (C=O) groups excluding carboxylic acids is 2. The van der Waals surface area contributed by atoms with E-state index >= 15 is 0 Å². The van der Waals surface area contributed by atoms with Crippen LogP contribution in [0.3, 0.4) is 0 Å². The first kappa shape index (κ1) is 16.3. The number of nitrogens with one attached hydrogen (secondary N) is 1. The molecular weight excluding hydrogens is 252 g/mol. The zero-order chi connectivity index (χ0) is 14.8. The fourth-order valence-electron chi connectivity index (χ4n) is 1.98. The quantitative estimate of drug-likeness (QED) is 0.705. The van der Waals surface area contributed by atoms with E-state index in [-0.39, 0.29) is 11.8 Å². The number of amides is 1. The van der Waals surface area contributed by atoms with Gasteiger partial charge in [0.1, 0.15) is 5.78 Å². The van der Waals surface area contributed by atoms with Crippen molar-refractivity contribution in [3.63, 3.8) is 0 Å². The van der Waals surface area contributed by atoms with Crippen LogP contribution in [0.1, 0.15) is 56.3 Å². The molecule has 1 unspecified atom stereocenters. The number of hydrogen-bond donors (Lipinski definition) is 1. The van der Waals surface area contributed by atoms with E-state index in [9.17, 15) is 9.59 Å². The number of hydrogen-bond acceptors (Lipinski definition) is 3. The molecule has 110 valence electrons. The number of aromatic nitrogens is 1. The van der Waals surface area contributed by atoms with Crippen molar-refractivity contribution in [2.24, 2.45) is 5.92 Å². The van der Waals surface area contributed by atoms with Gasteiger partial charge >= 0.3 is 0 Å². The number of Topliss-reactive ketones (excluding diaryl/α,β-unsaturated/α-hetero) is 1. The van der Waals surface area contributed by atoms with E-state index in [1.54, 1.807) is 18.3 Å². The van der Waals surface area contributed by atoms with Gasteiger partial charge in [0.15, 0.2) is 0 Å². The SMILES string of the molecule is CCCCC(C)C(=O)CCCNC(=O)c1cccnc1. The second kappa shape index (κ2) is 9.23. The Morgan fingerprint density at radius 3 is 2.80 bits per heavy atom. The van der Waals surface area contributed by atoms with Crippen molar-refractivity contribution in [2.45, 2.75) is 46.0 Å². The number of pyridine rings is 1. The number of unbranched alkanes of at least 4 members (excludes halogenated alkanes) is 1. The Morgan fingerprint density at radius 2 is 2.15 bits per heavy atom. The van der Waals surface area contributed by atoms with Gasteiger partial charge in [0.05, 0.1) is 5.56 Å². The lowest BCUT2D eigenvalue weighted by atomic mass is 9.96. The molecule has 0 saturated heterocycles. The number of carbonyl (C=O) groups is 2. The van der Waals surface area contributed by atoms with Gasteiger partial charge in [-0.05, 0) is 25.0 Å². The van der Waals surface area contributed by atoms with E-state index in [0.717, 1.165) is 19.3 Å². The molecule has 0 saturated carbocycles. The van der Waals surface area contributed by atoms with Crippen LogP contribution in [-0.4, -0.2) is 23.2 Å². The third-order valence-corrected chi connectivity index (χ3v) is 3.35. The molecule has 1 rings (SSSR count). The minimum absolute atomic E-state index is 0.135. The molecule has 0 aliphatic carbocycles. The van der Waals surface area contributed by atoms with Gasteiger partial charge in [-0.15, -0.1) is 0 Å². The Bertz CT molecular complexity index is 418. The summed E-state index contributed by atoms with van der Waals surface area (Å²) in [7, 11) is 0. The van der Waals surface area contributed by atoms with Crippen LogP contribution in [0, 0.1) is 5.92 Å². The maximum Gasteiger partial charge on any atom is 0.252 e. The fraction of sp³-hybridized carbons (Fsp3) is 0.562. The van der Waals surface area contributed by atoms with E-state index in [1.807, 2.05) is 6.92 Å². The van der Waals surface area contributed by atoms with Gasteiger partial charge in [-0.2, -0.15) is 0 Å². The Morgan fingerprint density at radius 1 is 1.35 bits per heavy atom. The van der Waals surface area contributed by atoms with Crippen LogP contribution < -0.4 is 5.32 Å². The zero-order valence-corrected chi connectivity index (χ0v) is 12.4. The molecule has 0 fully saturated rings. The predicted octanol–water partition coefficient (Wildman–Crippen LogP) is 2.99.